The first-order valence-corrected chi connectivity index (χ1v) is 9.33. The molecule has 3 N–H and O–H groups in total. The third-order valence-corrected chi connectivity index (χ3v) is 5.08. The van der Waals surface area contributed by atoms with Gasteiger partial charge >= 0.3 is 0 Å². The summed E-state index contributed by atoms with van der Waals surface area (Å²) in [5.41, 5.74) is 11.1. The molecule has 0 atom stereocenters. The van der Waals surface area contributed by atoms with Gasteiger partial charge in [-0.2, -0.15) is 0 Å². The van der Waals surface area contributed by atoms with Crippen LogP contribution in [0, 0.1) is 0 Å². The zero-order chi connectivity index (χ0) is 20.5. The Balaban J connectivity index is 1.71. The van der Waals surface area contributed by atoms with Gasteiger partial charge in [0.05, 0.1) is 5.52 Å². The minimum atomic E-state index is -0.440. The Labute approximate surface area is 169 Å². The lowest BCUT2D eigenvalue weighted by molar-refractivity contribution is 0.100. The van der Waals surface area contributed by atoms with Gasteiger partial charge in [0.25, 0.3) is 0 Å². The molecule has 6 nitrogen and oxygen atoms in total. The van der Waals surface area contributed by atoms with Crippen molar-refractivity contribution in [1.29, 1.82) is 0 Å². The largest absolute Gasteiger partial charge is 0.378 e. The Kier molecular flexibility index (Phi) is 4.68. The number of carbonyl (C=O) groups is 1. The van der Waals surface area contributed by atoms with E-state index in [9.17, 15) is 4.79 Å². The summed E-state index contributed by atoms with van der Waals surface area (Å²) >= 11 is 0. The number of fused-ring (bicyclic) bond motifs is 1. The molecule has 0 radical (unpaired) electrons. The van der Waals surface area contributed by atoms with Crippen molar-refractivity contribution in [2.24, 2.45) is 12.8 Å². The van der Waals surface area contributed by atoms with E-state index in [0.717, 1.165) is 39.4 Å². The van der Waals surface area contributed by atoms with Crippen molar-refractivity contribution >= 4 is 34.0 Å². The highest BCUT2D eigenvalue weighted by Crippen LogP contribution is 2.32. The first-order chi connectivity index (χ1) is 13.9. The van der Waals surface area contributed by atoms with Crippen molar-refractivity contribution in [3.8, 4) is 11.3 Å². The number of hydrogen-bond donors (Lipinski definition) is 2. The fraction of sp³-hybridized carbons (Fsp3) is 0.130. The van der Waals surface area contributed by atoms with Gasteiger partial charge in [-0.3, -0.25) is 4.79 Å². The second-order valence-corrected chi connectivity index (χ2v) is 7.19. The van der Waals surface area contributed by atoms with Crippen LogP contribution in [0.15, 0.2) is 66.9 Å². The van der Waals surface area contributed by atoms with Crippen LogP contribution >= 0.6 is 0 Å². The lowest BCUT2D eigenvalue weighted by atomic mass is 10.1. The molecule has 1 amide bonds. The molecule has 2 aromatic heterocycles. The summed E-state index contributed by atoms with van der Waals surface area (Å²) in [6.07, 6.45) is 1.79. The standard InChI is InChI=1S/C23H23N5O/c1-27(2)18-10-6-15(7-11-18)21-14-19-20(28(21)3)12-13-25-23(19)26-17-8-4-16(5-9-17)22(24)29/h4-14H,1-3H3,(H2,24,29)(H,25,26). The topological polar surface area (TPSA) is 76.2 Å². The molecule has 2 aromatic carbocycles. The smallest absolute Gasteiger partial charge is 0.248 e. The van der Waals surface area contributed by atoms with E-state index in [-0.39, 0.29) is 0 Å². The van der Waals surface area contributed by atoms with Gasteiger partial charge in [0.15, 0.2) is 0 Å². The number of nitrogens with zero attached hydrogens (tertiary/aromatic N) is 3. The van der Waals surface area contributed by atoms with Gasteiger partial charge in [0, 0.05) is 55.4 Å². The van der Waals surface area contributed by atoms with Crippen molar-refractivity contribution in [2.45, 2.75) is 0 Å². The third-order valence-electron chi connectivity index (χ3n) is 5.08. The van der Waals surface area contributed by atoms with E-state index in [1.54, 1.807) is 18.3 Å². The number of anilines is 3. The Morgan fingerprint density at radius 2 is 1.72 bits per heavy atom. The molecule has 0 bridgehead atoms. The van der Waals surface area contributed by atoms with Crippen LogP contribution in [-0.2, 0) is 7.05 Å². The summed E-state index contributed by atoms with van der Waals surface area (Å²) < 4.78 is 2.17. The molecule has 4 aromatic rings. The Bertz CT molecular complexity index is 1170. The number of nitrogens with two attached hydrogens (primary N) is 1. The van der Waals surface area contributed by atoms with Crippen LogP contribution in [0.5, 0.6) is 0 Å². The number of benzene rings is 2. The van der Waals surface area contributed by atoms with Crippen LogP contribution < -0.4 is 16.0 Å². The molecule has 4 rings (SSSR count). The number of aryl methyl sites for hydroxylation is 1. The quantitative estimate of drug-likeness (QED) is 0.541. The number of rotatable bonds is 5. The van der Waals surface area contributed by atoms with E-state index in [1.807, 2.05) is 32.3 Å². The zero-order valence-corrected chi connectivity index (χ0v) is 16.7. The van der Waals surface area contributed by atoms with Crippen molar-refractivity contribution in [1.82, 2.24) is 9.55 Å². The highest BCUT2D eigenvalue weighted by atomic mass is 16.1. The molecule has 0 fully saturated rings. The van der Waals surface area contributed by atoms with Crippen LogP contribution in [-0.4, -0.2) is 29.6 Å². The molecule has 0 saturated heterocycles. The minimum absolute atomic E-state index is 0.440. The van der Waals surface area contributed by atoms with Gasteiger partial charge in [0.1, 0.15) is 5.82 Å². The third kappa shape index (κ3) is 3.52. The second-order valence-electron chi connectivity index (χ2n) is 7.19. The van der Waals surface area contributed by atoms with E-state index < -0.39 is 5.91 Å². The van der Waals surface area contributed by atoms with Crippen molar-refractivity contribution in [2.75, 3.05) is 24.3 Å². The number of amides is 1. The number of hydrogen-bond acceptors (Lipinski definition) is 4. The molecule has 29 heavy (non-hydrogen) atoms. The Morgan fingerprint density at radius 1 is 1.03 bits per heavy atom. The number of aromatic nitrogens is 2. The second kappa shape index (κ2) is 7.31. The van der Waals surface area contributed by atoms with Crippen LogP contribution in [0.1, 0.15) is 10.4 Å². The number of carbonyl (C=O) groups excluding carboxylic acids is 1. The van der Waals surface area contributed by atoms with Crippen molar-refractivity contribution in [3.05, 3.63) is 72.4 Å². The monoisotopic (exact) mass is 385 g/mol. The zero-order valence-electron chi connectivity index (χ0n) is 16.7. The first kappa shape index (κ1) is 18.6. The first-order valence-electron chi connectivity index (χ1n) is 9.33. The summed E-state index contributed by atoms with van der Waals surface area (Å²) in [6.45, 7) is 0. The van der Waals surface area contributed by atoms with Crippen LogP contribution in [0.25, 0.3) is 22.2 Å². The predicted molar refractivity (Wildman–Crippen MR) is 119 cm³/mol. The number of primary amides is 1. The van der Waals surface area contributed by atoms with Crippen LogP contribution in [0.2, 0.25) is 0 Å². The minimum Gasteiger partial charge on any atom is -0.378 e. The van der Waals surface area contributed by atoms with E-state index in [2.05, 4.69) is 57.1 Å². The summed E-state index contributed by atoms with van der Waals surface area (Å²) in [4.78, 5) is 17.9. The van der Waals surface area contributed by atoms with Gasteiger partial charge in [-0.25, -0.2) is 4.98 Å². The molecule has 6 heteroatoms. The molecular weight excluding hydrogens is 362 g/mol. The summed E-state index contributed by atoms with van der Waals surface area (Å²) in [7, 11) is 6.12. The van der Waals surface area contributed by atoms with Crippen LogP contribution in [0.4, 0.5) is 17.2 Å². The maximum Gasteiger partial charge on any atom is 0.248 e. The van der Waals surface area contributed by atoms with Gasteiger partial charge in [0.2, 0.25) is 5.91 Å². The van der Waals surface area contributed by atoms with E-state index >= 15 is 0 Å². The molecule has 0 saturated carbocycles. The molecule has 2 heterocycles. The van der Waals surface area contributed by atoms with E-state index in [4.69, 9.17) is 5.73 Å². The predicted octanol–water partition coefficient (Wildman–Crippen LogP) is 4.15. The van der Waals surface area contributed by atoms with Gasteiger partial charge in [-0.1, -0.05) is 12.1 Å². The highest BCUT2D eigenvalue weighted by molar-refractivity contribution is 5.96. The van der Waals surface area contributed by atoms with Crippen LogP contribution in [0.3, 0.4) is 0 Å². The lowest BCUT2D eigenvalue weighted by Crippen LogP contribution is -2.10. The molecule has 0 aliphatic rings. The summed E-state index contributed by atoms with van der Waals surface area (Å²) in [5, 5.41) is 4.37. The highest BCUT2D eigenvalue weighted by Gasteiger charge is 2.12. The maximum absolute atomic E-state index is 11.3. The summed E-state index contributed by atoms with van der Waals surface area (Å²) in [5.74, 6) is 0.325. The van der Waals surface area contributed by atoms with Crippen molar-refractivity contribution in [3.63, 3.8) is 0 Å². The van der Waals surface area contributed by atoms with E-state index in [1.165, 1.54) is 0 Å². The molecule has 0 spiro atoms. The SMILES string of the molecule is CN(C)c1ccc(-c2cc3c(Nc4ccc(C(N)=O)cc4)nccc3n2C)cc1. The molecular formula is C23H23N5O. The number of pyridine rings is 1. The molecule has 0 aliphatic carbocycles. The Morgan fingerprint density at radius 3 is 2.34 bits per heavy atom. The normalized spacial score (nSPS) is 10.9. The molecule has 146 valence electrons. The number of nitrogens with one attached hydrogen (secondary N) is 1. The fourth-order valence-electron chi connectivity index (χ4n) is 3.42. The van der Waals surface area contributed by atoms with Gasteiger partial charge in [-0.15, -0.1) is 0 Å². The van der Waals surface area contributed by atoms with Gasteiger partial charge < -0.3 is 20.5 Å². The summed E-state index contributed by atoms with van der Waals surface area (Å²) in [6, 6.07) is 19.7. The lowest BCUT2D eigenvalue weighted by Gasteiger charge is -2.13. The van der Waals surface area contributed by atoms with Crippen molar-refractivity contribution < 1.29 is 4.79 Å². The Hall–Kier alpha value is -3.80. The van der Waals surface area contributed by atoms with Gasteiger partial charge in [-0.05, 0) is 54.1 Å². The molecule has 0 unspecified atom stereocenters. The average molecular weight is 385 g/mol. The average Bonchev–Trinajstić information content (AvgIpc) is 3.06. The maximum atomic E-state index is 11.3. The molecule has 0 aliphatic heterocycles. The van der Waals surface area contributed by atoms with E-state index in [0.29, 0.717) is 5.56 Å². The fourth-order valence-corrected chi connectivity index (χ4v) is 3.42.